The molecule has 24 heavy (non-hydrogen) atoms. The fourth-order valence-electron chi connectivity index (χ4n) is 3.85. The normalized spacial score (nSPS) is 25.6. The zero-order chi connectivity index (χ0) is 16.4. The van der Waals surface area contributed by atoms with Crippen molar-refractivity contribution in [2.45, 2.75) is 31.3 Å². The van der Waals surface area contributed by atoms with Gasteiger partial charge in [0.25, 0.3) is 0 Å². The summed E-state index contributed by atoms with van der Waals surface area (Å²) in [6.45, 7) is 4.91. The molecule has 1 spiro atoms. The fourth-order valence-corrected chi connectivity index (χ4v) is 3.85. The Morgan fingerprint density at radius 2 is 2.00 bits per heavy atom. The van der Waals surface area contributed by atoms with E-state index in [1.165, 1.54) is 0 Å². The molecule has 7 nitrogen and oxygen atoms in total. The van der Waals surface area contributed by atoms with E-state index in [-0.39, 0.29) is 11.6 Å². The van der Waals surface area contributed by atoms with Crippen molar-refractivity contribution >= 4 is 12.0 Å². The lowest BCUT2D eigenvalue weighted by atomic mass is 9.83. The molecule has 4 rings (SSSR count). The summed E-state index contributed by atoms with van der Waals surface area (Å²) in [6.07, 6.45) is 7.90. The lowest BCUT2D eigenvalue weighted by Crippen LogP contribution is -2.68. The smallest absolute Gasteiger partial charge is 0.320 e. The predicted molar refractivity (Wildman–Crippen MR) is 89.7 cm³/mol. The Balaban J connectivity index is 1.20. The third-order valence-corrected chi connectivity index (χ3v) is 5.35. The summed E-state index contributed by atoms with van der Waals surface area (Å²) in [5, 5.41) is 3.27. The average Bonchev–Trinajstić information content (AvgIpc) is 3.13. The average molecular weight is 331 g/mol. The first-order valence-electron chi connectivity index (χ1n) is 8.93. The van der Waals surface area contributed by atoms with Gasteiger partial charge in [-0.3, -0.25) is 0 Å². The van der Waals surface area contributed by atoms with Gasteiger partial charge in [0.05, 0.1) is 19.7 Å². The molecular weight excluding hydrogens is 306 g/mol. The molecule has 3 aliphatic rings. The van der Waals surface area contributed by atoms with E-state index in [0.29, 0.717) is 11.9 Å². The summed E-state index contributed by atoms with van der Waals surface area (Å²) < 4.78 is 6.15. The van der Waals surface area contributed by atoms with Crippen molar-refractivity contribution < 1.29 is 9.53 Å². The number of hydrogen-bond acceptors (Lipinski definition) is 5. The molecule has 0 aliphatic carbocycles. The van der Waals surface area contributed by atoms with Crippen molar-refractivity contribution in [3.63, 3.8) is 0 Å². The SMILES string of the molecule is O=C(N1CCCC1)N1CC2(CCC(CNc3ncccn3)CO2)C1. The molecule has 130 valence electrons. The van der Waals surface area contributed by atoms with Crippen molar-refractivity contribution in [1.82, 2.24) is 19.8 Å². The molecule has 3 aliphatic heterocycles. The first kappa shape index (κ1) is 15.6. The summed E-state index contributed by atoms with van der Waals surface area (Å²) >= 11 is 0. The maximum atomic E-state index is 12.3. The first-order valence-corrected chi connectivity index (χ1v) is 8.93. The Labute approximate surface area is 142 Å². The van der Waals surface area contributed by atoms with Crippen LogP contribution in [0.2, 0.25) is 0 Å². The van der Waals surface area contributed by atoms with Crippen molar-refractivity contribution in [2.75, 3.05) is 44.6 Å². The second-order valence-electron chi connectivity index (χ2n) is 7.18. The molecule has 2 amide bonds. The largest absolute Gasteiger partial charge is 0.371 e. The van der Waals surface area contributed by atoms with Crippen LogP contribution in [0.3, 0.4) is 0 Å². The van der Waals surface area contributed by atoms with Crippen LogP contribution in [0.25, 0.3) is 0 Å². The van der Waals surface area contributed by atoms with Crippen LogP contribution in [0.1, 0.15) is 25.7 Å². The van der Waals surface area contributed by atoms with Gasteiger partial charge in [-0.1, -0.05) is 0 Å². The third kappa shape index (κ3) is 3.17. The molecule has 1 unspecified atom stereocenters. The molecule has 3 fully saturated rings. The Hall–Kier alpha value is -1.89. The number of nitrogens with one attached hydrogen (secondary N) is 1. The minimum Gasteiger partial charge on any atom is -0.371 e. The van der Waals surface area contributed by atoms with Crippen LogP contribution >= 0.6 is 0 Å². The molecule has 7 heteroatoms. The topological polar surface area (TPSA) is 70.6 Å². The van der Waals surface area contributed by atoms with Crippen LogP contribution in [0.15, 0.2) is 18.5 Å². The third-order valence-electron chi connectivity index (χ3n) is 5.35. The van der Waals surface area contributed by atoms with Gasteiger partial charge < -0.3 is 19.9 Å². The van der Waals surface area contributed by atoms with Gasteiger partial charge in [-0.2, -0.15) is 0 Å². The van der Waals surface area contributed by atoms with Crippen LogP contribution in [0.4, 0.5) is 10.7 Å². The summed E-state index contributed by atoms with van der Waals surface area (Å²) in [4.78, 5) is 24.6. The number of aromatic nitrogens is 2. The maximum absolute atomic E-state index is 12.3. The summed E-state index contributed by atoms with van der Waals surface area (Å²) in [7, 11) is 0. The van der Waals surface area contributed by atoms with Crippen LogP contribution in [-0.2, 0) is 4.74 Å². The molecule has 1 aromatic heterocycles. The molecule has 0 aromatic carbocycles. The highest BCUT2D eigenvalue weighted by atomic mass is 16.5. The number of carbonyl (C=O) groups excluding carboxylic acids is 1. The molecule has 1 N–H and O–H groups in total. The zero-order valence-corrected chi connectivity index (χ0v) is 14.0. The molecule has 0 bridgehead atoms. The molecule has 1 atom stereocenters. The van der Waals surface area contributed by atoms with Crippen LogP contribution in [0.5, 0.6) is 0 Å². The highest BCUT2D eigenvalue weighted by molar-refractivity contribution is 5.76. The number of anilines is 1. The van der Waals surface area contributed by atoms with Crippen molar-refractivity contribution in [3.8, 4) is 0 Å². The Morgan fingerprint density at radius 1 is 1.25 bits per heavy atom. The molecular formula is C17H25N5O2. The van der Waals surface area contributed by atoms with E-state index in [9.17, 15) is 4.79 Å². The van der Waals surface area contributed by atoms with Crippen LogP contribution < -0.4 is 5.32 Å². The number of ether oxygens (including phenoxy) is 1. The van der Waals surface area contributed by atoms with Gasteiger partial charge in [0.2, 0.25) is 5.95 Å². The van der Waals surface area contributed by atoms with Crippen LogP contribution in [-0.4, -0.2) is 70.7 Å². The Morgan fingerprint density at radius 3 is 2.67 bits per heavy atom. The van der Waals surface area contributed by atoms with E-state index < -0.39 is 0 Å². The second kappa shape index (κ2) is 6.55. The predicted octanol–water partition coefficient (Wildman–Crippen LogP) is 1.59. The van der Waals surface area contributed by atoms with E-state index in [4.69, 9.17) is 4.74 Å². The summed E-state index contributed by atoms with van der Waals surface area (Å²) in [6, 6.07) is 2.01. The minimum atomic E-state index is -0.0882. The van der Waals surface area contributed by atoms with Gasteiger partial charge >= 0.3 is 6.03 Å². The number of carbonyl (C=O) groups is 1. The summed E-state index contributed by atoms with van der Waals surface area (Å²) in [5.41, 5.74) is -0.0882. The van der Waals surface area contributed by atoms with Crippen molar-refractivity contribution in [1.29, 1.82) is 0 Å². The fraction of sp³-hybridized carbons (Fsp3) is 0.706. The monoisotopic (exact) mass is 331 g/mol. The standard InChI is InChI=1S/C17H25N5O2/c23-16(21-8-1-2-9-21)22-12-17(13-22)5-4-14(11-24-17)10-20-15-18-6-3-7-19-15/h3,6-7,14H,1-2,4-5,8-13H2,(H,18,19,20). The van der Waals surface area contributed by atoms with Crippen molar-refractivity contribution in [2.24, 2.45) is 5.92 Å². The van der Waals surface area contributed by atoms with Gasteiger partial charge in [0.1, 0.15) is 5.60 Å². The number of nitrogens with zero attached hydrogens (tertiary/aromatic N) is 4. The maximum Gasteiger partial charge on any atom is 0.320 e. The first-order chi connectivity index (χ1) is 11.7. The molecule has 3 saturated heterocycles. The molecule has 1 aromatic rings. The minimum absolute atomic E-state index is 0.0882. The number of amides is 2. The quantitative estimate of drug-likeness (QED) is 0.911. The molecule has 0 saturated carbocycles. The van der Waals surface area contributed by atoms with E-state index in [2.05, 4.69) is 15.3 Å². The lowest BCUT2D eigenvalue weighted by molar-refractivity contribution is -0.166. The van der Waals surface area contributed by atoms with Gasteiger partial charge in [0.15, 0.2) is 0 Å². The zero-order valence-electron chi connectivity index (χ0n) is 14.0. The number of hydrogen-bond donors (Lipinski definition) is 1. The van der Waals surface area contributed by atoms with E-state index >= 15 is 0 Å². The Bertz CT molecular complexity index is 560. The highest BCUT2D eigenvalue weighted by Crippen LogP contribution is 2.36. The van der Waals surface area contributed by atoms with E-state index in [0.717, 1.165) is 65.0 Å². The van der Waals surface area contributed by atoms with Gasteiger partial charge in [-0.25, -0.2) is 14.8 Å². The van der Waals surface area contributed by atoms with Crippen LogP contribution in [0, 0.1) is 5.92 Å². The Kier molecular flexibility index (Phi) is 4.26. The lowest BCUT2D eigenvalue weighted by Gasteiger charge is -2.53. The molecule has 4 heterocycles. The number of rotatable bonds is 3. The van der Waals surface area contributed by atoms with E-state index in [1.807, 2.05) is 15.9 Å². The van der Waals surface area contributed by atoms with Crippen molar-refractivity contribution in [3.05, 3.63) is 18.5 Å². The molecule has 0 radical (unpaired) electrons. The highest BCUT2D eigenvalue weighted by Gasteiger charge is 2.49. The van der Waals surface area contributed by atoms with Gasteiger partial charge in [-0.05, 0) is 37.7 Å². The van der Waals surface area contributed by atoms with Gasteiger partial charge in [0, 0.05) is 32.0 Å². The summed E-state index contributed by atoms with van der Waals surface area (Å²) in [5.74, 6) is 1.14. The van der Waals surface area contributed by atoms with Gasteiger partial charge in [-0.15, -0.1) is 0 Å². The second-order valence-corrected chi connectivity index (χ2v) is 7.18. The number of urea groups is 1. The number of likely N-dealkylation sites (tertiary alicyclic amines) is 2. The van der Waals surface area contributed by atoms with E-state index in [1.54, 1.807) is 12.4 Å².